The number of benzene rings is 1. The number of nitrogens with one attached hydrogen (secondary N) is 1. The molecule has 0 bridgehead atoms. The third-order valence-electron chi connectivity index (χ3n) is 2.25. The monoisotopic (exact) mass is 305 g/mol. The van der Waals surface area contributed by atoms with Gasteiger partial charge in [-0.1, -0.05) is 6.92 Å². The Balaban J connectivity index is 2.45. The predicted molar refractivity (Wildman–Crippen MR) is 74.9 cm³/mol. The van der Waals surface area contributed by atoms with Crippen LogP contribution in [0.5, 0.6) is 0 Å². The third-order valence-corrected chi connectivity index (χ3v) is 3.85. The van der Waals surface area contributed by atoms with E-state index in [1.807, 2.05) is 18.7 Å². The van der Waals surface area contributed by atoms with E-state index in [-0.39, 0.29) is 5.82 Å². The number of thioether (sulfide) groups is 1. The van der Waals surface area contributed by atoms with Crippen molar-refractivity contribution in [2.24, 2.45) is 0 Å². The van der Waals surface area contributed by atoms with Crippen molar-refractivity contribution in [3.05, 3.63) is 28.0 Å². The van der Waals surface area contributed by atoms with Crippen LogP contribution in [-0.2, 0) is 0 Å². The summed E-state index contributed by atoms with van der Waals surface area (Å²) in [5, 5.41) is 3.27. The van der Waals surface area contributed by atoms with Gasteiger partial charge in [-0.3, -0.25) is 0 Å². The van der Waals surface area contributed by atoms with Crippen LogP contribution in [0.15, 0.2) is 16.6 Å². The Morgan fingerprint density at radius 2 is 2.19 bits per heavy atom. The van der Waals surface area contributed by atoms with Gasteiger partial charge in [0.05, 0.1) is 4.47 Å². The van der Waals surface area contributed by atoms with Gasteiger partial charge in [0, 0.05) is 12.2 Å². The van der Waals surface area contributed by atoms with E-state index in [0.717, 1.165) is 35.7 Å². The molecule has 0 spiro atoms. The molecule has 1 aromatic carbocycles. The highest BCUT2D eigenvalue weighted by Crippen LogP contribution is 2.23. The van der Waals surface area contributed by atoms with Crippen LogP contribution >= 0.6 is 27.7 Å². The van der Waals surface area contributed by atoms with Crippen LogP contribution in [0.4, 0.5) is 10.1 Å². The normalized spacial score (nSPS) is 10.5. The van der Waals surface area contributed by atoms with Gasteiger partial charge in [-0.15, -0.1) is 0 Å². The molecule has 1 nitrogen and oxygen atoms in total. The van der Waals surface area contributed by atoms with Crippen LogP contribution in [0.2, 0.25) is 0 Å². The standard InChI is InChI=1S/C12H17BrFNS/c1-3-16-6-4-5-15-12-8-11(14)10(13)7-9(12)2/h7-8,15H,3-6H2,1-2H3. The molecule has 0 aromatic heterocycles. The van der Waals surface area contributed by atoms with Gasteiger partial charge in [0.2, 0.25) is 0 Å². The van der Waals surface area contributed by atoms with Crippen molar-refractivity contribution in [2.75, 3.05) is 23.4 Å². The summed E-state index contributed by atoms with van der Waals surface area (Å²) in [4.78, 5) is 0. The van der Waals surface area contributed by atoms with Crippen molar-refractivity contribution in [2.45, 2.75) is 20.3 Å². The molecule has 1 N–H and O–H groups in total. The molecule has 0 unspecified atom stereocenters. The minimum Gasteiger partial charge on any atom is -0.385 e. The molecule has 90 valence electrons. The Bertz CT molecular complexity index is 344. The van der Waals surface area contributed by atoms with E-state index in [0.29, 0.717) is 4.47 Å². The summed E-state index contributed by atoms with van der Waals surface area (Å²) < 4.78 is 13.8. The second-order valence-corrected chi connectivity index (χ2v) is 5.81. The lowest BCUT2D eigenvalue weighted by Crippen LogP contribution is -2.04. The lowest BCUT2D eigenvalue weighted by Gasteiger charge is -2.10. The lowest BCUT2D eigenvalue weighted by molar-refractivity contribution is 0.621. The summed E-state index contributed by atoms with van der Waals surface area (Å²) in [6.45, 7) is 5.04. The average Bonchev–Trinajstić information content (AvgIpc) is 2.25. The Kier molecular flexibility index (Phi) is 6.21. The van der Waals surface area contributed by atoms with Crippen LogP contribution in [0.3, 0.4) is 0 Å². The van der Waals surface area contributed by atoms with Gasteiger partial charge >= 0.3 is 0 Å². The highest BCUT2D eigenvalue weighted by atomic mass is 79.9. The fourth-order valence-corrected chi connectivity index (χ4v) is 2.47. The molecule has 0 aliphatic rings. The van der Waals surface area contributed by atoms with E-state index in [4.69, 9.17) is 0 Å². The molecule has 1 aromatic rings. The smallest absolute Gasteiger partial charge is 0.139 e. The fourth-order valence-electron chi connectivity index (χ4n) is 1.38. The zero-order valence-corrected chi connectivity index (χ0v) is 12.0. The fraction of sp³-hybridized carbons (Fsp3) is 0.500. The summed E-state index contributed by atoms with van der Waals surface area (Å²) >= 11 is 5.11. The number of rotatable bonds is 6. The van der Waals surface area contributed by atoms with Crippen molar-refractivity contribution in [3.63, 3.8) is 0 Å². The zero-order valence-electron chi connectivity index (χ0n) is 9.65. The van der Waals surface area contributed by atoms with Gasteiger partial charge in [-0.25, -0.2) is 4.39 Å². The molecule has 0 radical (unpaired) electrons. The van der Waals surface area contributed by atoms with E-state index in [9.17, 15) is 4.39 Å². The highest BCUT2D eigenvalue weighted by Gasteiger charge is 2.04. The summed E-state index contributed by atoms with van der Waals surface area (Å²) in [5.41, 5.74) is 1.96. The van der Waals surface area contributed by atoms with Gasteiger partial charge < -0.3 is 5.32 Å². The maximum absolute atomic E-state index is 13.3. The Hall–Kier alpha value is -0.220. The van der Waals surface area contributed by atoms with Crippen LogP contribution in [0.1, 0.15) is 18.9 Å². The van der Waals surface area contributed by atoms with Gasteiger partial charge in [0.25, 0.3) is 0 Å². The Labute approximate surface area is 109 Å². The molecule has 16 heavy (non-hydrogen) atoms. The largest absolute Gasteiger partial charge is 0.385 e. The Morgan fingerprint density at radius 3 is 2.88 bits per heavy atom. The molecule has 0 saturated carbocycles. The number of hydrogen-bond donors (Lipinski definition) is 1. The summed E-state index contributed by atoms with van der Waals surface area (Å²) in [6, 6.07) is 3.35. The van der Waals surface area contributed by atoms with E-state index < -0.39 is 0 Å². The third kappa shape index (κ3) is 4.34. The number of halogens is 2. The van der Waals surface area contributed by atoms with Crippen molar-refractivity contribution in [1.29, 1.82) is 0 Å². The first-order valence-corrected chi connectivity index (χ1v) is 7.37. The molecule has 0 aliphatic heterocycles. The second kappa shape index (κ2) is 7.17. The Morgan fingerprint density at radius 1 is 1.44 bits per heavy atom. The van der Waals surface area contributed by atoms with Crippen molar-refractivity contribution >= 4 is 33.4 Å². The molecule has 4 heteroatoms. The first-order valence-electron chi connectivity index (χ1n) is 5.42. The first-order chi connectivity index (χ1) is 7.65. The van der Waals surface area contributed by atoms with E-state index in [1.165, 1.54) is 0 Å². The second-order valence-electron chi connectivity index (χ2n) is 3.56. The zero-order chi connectivity index (χ0) is 12.0. The summed E-state index contributed by atoms with van der Waals surface area (Å²) in [5.74, 6) is 2.10. The molecule has 0 atom stereocenters. The molecule has 0 aliphatic carbocycles. The van der Waals surface area contributed by atoms with Crippen LogP contribution < -0.4 is 5.32 Å². The maximum Gasteiger partial charge on any atom is 0.139 e. The SMILES string of the molecule is CCSCCCNc1cc(F)c(Br)cc1C. The molecular weight excluding hydrogens is 289 g/mol. The van der Waals surface area contributed by atoms with Crippen molar-refractivity contribution < 1.29 is 4.39 Å². The van der Waals surface area contributed by atoms with Gasteiger partial charge in [-0.05, 0) is 58.5 Å². The van der Waals surface area contributed by atoms with E-state index >= 15 is 0 Å². The van der Waals surface area contributed by atoms with E-state index in [1.54, 1.807) is 12.1 Å². The highest BCUT2D eigenvalue weighted by molar-refractivity contribution is 9.10. The van der Waals surface area contributed by atoms with Crippen molar-refractivity contribution in [3.8, 4) is 0 Å². The molecule has 0 saturated heterocycles. The average molecular weight is 306 g/mol. The topological polar surface area (TPSA) is 12.0 Å². The minimum atomic E-state index is -0.212. The quantitative estimate of drug-likeness (QED) is 0.779. The summed E-state index contributed by atoms with van der Waals surface area (Å²) in [6.07, 6.45) is 1.11. The number of anilines is 1. The molecule has 0 heterocycles. The van der Waals surface area contributed by atoms with Gasteiger partial charge in [0.15, 0.2) is 0 Å². The predicted octanol–water partition coefficient (Wildman–Crippen LogP) is 4.45. The van der Waals surface area contributed by atoms with E-state index in [2.05, 4.69) is 28.2 Å². The molecule has 0 fully saturated rings. The van der Waals surface area contributed by atoms with Gasteiger partial charge in [-0.2, -0.15) is 11.8 Å². The van der Waals surface area contributed by atoms with Crippen molar-refractivity contribution in [1.82, 2.24) is 0 Å². The van der Waals surface area contributed by atoms with Crippen LogP contribution in [0, 0.1) is 12.7 Å². The maximum atomic E-state index is 13.3. The molecular formula is C12H17BrFNS. The van der Waals surface area contributed by atoms with Gasteiger partial charge in [0.1, 0.15) is 5.82 Å². The lowest BCUT2D eigenvalue weighted by atomic mass is 10.2. The van der Waals surface area contributed by atoms with Crippen LogP contribution in [-0.4, -0.2) is 18.1 Å². The molecule has 0 amide bonds. The number of aryl methyl sites for hydroxylation is 1. The van der Waals surface area contributed by atoms with Crippen LogP contribution in [0.25, 0.3) is 0 Å². The number of hydrogen-bond acceptors (Lipinski definition) is 2. The first kappa shape index (κ1) is 13.8. The minimum absolute atomic E-state index is 0.212. The summed E-state index contributed by atoms with van der Waals surface area (Å²) in [7, 11) is 0. The molecule has 1 rings (SSSR count).